The number of rotatable bonds is 23. The molecule has 0 aliphatic rings. The van der Waals surface area contributed by atoms with Gasteiger partial charge >= 0.3 is 47.8 Å². The molecule has 0 aromatic heterocycles. The van der Waals surface area contributed by atoms with Gasteiger partial charge in [0.05, 0.1) is 0 Å². The van der Waals surface area contributed by atoms with Crippen LogP contribution in [0.5, 0.6) is 0 Å². The van der Waals surface area contributed by atoms with Gasteiger partial charge in [0.2, 0.25) is 42.7 Å². The van der Waals surface area contributed by atoms with Crippen molar-refractivity contribution >= 4 is 47.8 Å². The monoisotopic (exact) mass is 1090 g/mol. The fraction of sp³-hybridized carbons (Fsp3) is 0.125. The zero-order chi connectivity index (χ0) is 57.1. The van der Waals surface area contributed by atoms with Crippen LogP contribution in [-0.2, 0) is 71.5 Å². The molecule has 0 saturated carbocycles. The summed E-state index contributed by atoms with van der Waals surface area (Å²) < 4.78 is 40.4. The maximum Gasteiger partial charge on any atom is 0.353 e. The minimum Gasteiger partial charge on any atom is -0.478 e. The van der Waals surface area contributed by atoms with Crippen molar-refractivity contribution in [3.63, 3.8) is 0 Å². The number of ether oxygens (including phenoxy) is 7. The molecule has 0 heterocycles. The van der Waals surface area contributed by atoms with Crippen LogP contribution >= 0.6 is 0 Å². The third-order valence-electron chi connectivity index (χ3n) is 12.2. The number of aliphatic carboxylic acids is 1. The van der Waals surface area contributed by atoms with Gasteiger partial charge < -0.3 is 43.4 Å². The first-order valence-electron chi connectivity index (χ1n) is 25.1. The van der Waals surface area contributed by atoms with Gasteiger partial charge in [0.1, 0.15) is 0 Å². The predicted molar refractivity (Wildman–Crippen MR) is 286 cm³/mol. The van der Waals surface area contributed by atoms with Crippen LogP contribution in [0.1, 0.15) is 93.3 Å². The van der Waals surface area contributed by atoms with Crippen molar-refractivity contribution in [1.82, 2.24) is 0 Å². The van der Waals surface area contributed by atoms with Crippen molar-refractivity contribution in [2.24, 2.45) is 0 Å². The van der Waals surface area contributed by atoms with Gasteiger partial charge in [-0.3, -0.25) is 0 Å². The number of hydrogen-bond donors (Lipinski definition) is 2. The molecular weight excluding hydrogens is 1040 g/mol. The minimum absolute atomic E-state index is 0.0236. The second-order valence-corrected chi connectivity index (χ2v) is 17.7. The Morgan fingerprint density at radius 2 is 0.370 bits per heavy atom. The molecule has 0 spiro atoms. The van der Waals surface area contributed by atoms with E-state index in [0.717, 1.165) is 0 Å². The third kappa shape index (κ3) is 14.9. The summed E-state index contributed by atoms with van der Waals surface area (Å²) in [6.45, 7) is 0. The Kier molecular flexibility index (Phi) is 19.4. The van der Waals surface area contributed by atoms with Crippen molar-refractivity contribution in [2.75, 3.05) is 0 Å². The number of carboxylic acid groups (broad SMARTS) is 1. The normalized spacial score (nSPS) is 13.8. The molecule has 8 aromatic carbocycles. The van der Waals surface area contributed by atoms with E-state index in [9.17, 15) is 48.6 Å². The van der Waals surface area contributed by atoms with Crippen molar-refractivity contribution in [3.05, 3.63) is 287 Å². The Morgan fingerprint density at radius 1 is 0.222 bits per heavy atom. The molecule has 2 N–H and O–H groups in total. The molecule has 81 heavy (non-hydrogen) atoms. The maximum absolute atomic E-state index is 14.8. The number of carboxylic acids is 1. The summed E-state index contributed by atoms with van der Waals surface area (Å²) in [6, 6.07) is 60.9. The topological polar surface area (TPSA) is 242 Å². The number of hydrogen-bond acceptors (Lipinski definition) is 16. The molecule has 0 aliphatic carbocycles. The van der Waals surface area contributed by atoms with Crippen LogP contribution in [0.25, 0.3) is 0 Å². The fourth-order valence-electron chi connectivity index (χ4n) is 8.19. The average Bonchev–Trinajstić information content (AvgIpc) is 3.54. The third-order valence-corrected chi connectivity index (χ3v) is 12.2. The summed E-state index contributed by atoms with van der Waals surface area (Å²) >= 11 is 0. The molecule has 8 atom stereocenters. The summed E-state index contributed by atoms with van der Waals surface area (Å²) in [7, 11) is 0. The van der Waals surface area contributed by atoms with Gasteiger partial charge in [-0.15, -0.1) is 0 Å². The average molecular weight is 1090 g/mol. The fourth-order valence-corrected chi connectivity index (χ4v) is 8.19. The molecule has 0 fully saturated rings. The smallest absolute Gasteiger partial charge is 0.353 e. The first kappa shape index (κ1) is 56.7. The van der Waals surface area contributed by atoms with Gasteiger partial charge in [-0.05, 0) is 5.56 Å². The van der Waals surface area contributed by atoms with Crippen LogP contribution in [0.15, 0.2) is 243 Å². The predicted octanol–water partition coefficient (Wildman–Crippen LogP) is 9.80. The molecule has 17 heteroatoms. The lowest BCUT2D eigenvalue weighted by Gasteiger charge is -2.26. The summed E-state index contributed by atoms with van der Waals surface area (Å²) in [5, 5.41) is 21.0. The second kappa shape index (κ2) is 27.7. The Balaban J connectivity index is 1.07. The van der Waals surface area contributed by atoms with E-state index in [-0.39, 0.29) is 44.5 Å². The Labute approximate surface area is 463 Å². The van der Waals surface area contributed by atoms with Gasteiger partial charge in [-0.2, -0.15) is 0 Å². The number of esters is 7. The van der Waals surface area contributed by atoms with E-state index in [1.807, 2.05) is 0 Å². The van der Waals surface area contributed by atoms with Crippen LogP contribution in [-0.4, -0.2) is 58.0 Å². The van der Waals surface area contributed by atoms with Gasteiger partial charge in [0, 0.05) is 38.9 Å². The molecule has 17 nitrogen and oxygen atoms in total. The van der Waals surface area contributed by atoms with Crippen LogP contribution in [0.3, 0.4) is 0 Å². The standard InChI is InChI=1S/C64H50O17/c65-49(41-25-9-1-10-26-41)58(68)76-51(43-29-13-3-14-30-43)60(70)78-53(45-33-17-5-18-34-45)62(72)80-55(47-37-21-7-22-38-47)64(74)81-56(48-39-23-8-24-40-48)63(73)79-54(46-35-19-6-20-36-46)61(71)77-52(44-31-15-4-16-32-44)59(69)75-50(57(66)67)42-27-11-2-12-28-42/h1-40,49-56,65H,(H,66,67)/t49-,50+,51+,52-,53-,54+,55+,56-/m1/s1. The molecule has 0 radical (unpaired) electrons. The molecule has 408 valence electrons. The van der Waals surface area contributed by atoms with E-state index < -0.39 is 96.6 Å². The number of aliphatic hydroxyl groups excluding tert-OH is 1. The van der Waals surface area contributed by atoms with Crippen LogP contribution in [0.2, 0.25) is 0 Å². The van der Waals surface area contributed by atoms with E-state index in [2.05, 4.69) is 0 Å². The quantitative estimate of drug-likeness (QED) is 0.0447. The summed E-state index contributed by atoms with van der Waals surface area (Å²) in [6.07, 6.45) is -15.3. The number of carbonyl (C=O) groups excluding carboxylic acids is 7. The van der Waals surface area contributed by atoms with Gasteiger partial charge in [0.25, 0.3) is 0 Å². The molecule has 8 rings (SSSR count). The minimum atomic E-state index is -2.00. The first-order chi connectivity index (χ1) is 39.4. The largest absolute Gasteiger partial charge is 0.478 e. The molecule has 0 unspecified atom stereocenters. The zero-order valence-electron chi connectivity index (χ0n) is 42.7. The molecule has 0 amide bonds. The van der Waals surface area contributed by atoms with E-state index in [4.69, 9.17) is 33.2 Å². The van der Waals surface area contributed by atoms with Crippen LogP contribution in [0.4, 0.5) is 0 Å². The summed E-state index contributed by atoms with van der Waals surface area (Å²) in [5.74, 6) is -10.6. The molecule has 0 saturated heterocycles. The number of carbonyl (C=O) groups is 8. The van der Waals surface area contributed by atoms with Gasteiger partial charge in [-0.25, -0.2) is 38.4 Å². The van der Waals surface area contributed by atoms with Crippen molar-refractivity contribution in [2.45, 2.75) is 48.8 Å². The molecule has 0 bridgehead atoms. The highest BCUT2D eigenvalue weighted by Crippen LogP contribution is 2.34. The van der Waals surface area contributed by atoms with Crippen LogP contribution < -0.4 is 0 Å². The van der Waals surface area contributed by atoms with E-state index in [1.54, 1.807) is 109 Å². The van der Waals surface area contributed by atoms with Crippen molar-refractivity contribution < 1.29 is 81.7 Å². The highest BCUT2D eigenvalue weighted by atomic mass is 16.7. The molecular formula is C64H50O17. The Morgan fingerprint density at radius 3 is 0.556 bits per heavy atom. The lowest BCUT2D eigenvalue weighted by molar-refractivity contribution is -0.193. The number of aliphatic hydroxyl groups is 1. The summed E-state index contributed by atoms with van der Waals surface area (Å²) in [4.78, 5) is 113. The van der Waals surface area contributed by atoms with E-state index in [1.165, 1.54) is 133 Å². The highest BCUT2D eigenvalue weighted by Gasteiger charge is 2.42. The van der Waals surface area contributed by atoms with Crippen molar-refractivity contribution in [3.8, 4) is 0 Å². The Hall–Kier alpha value is -10.5. The number of benzene rings is 8. The van der Waals surface area contributed by atoms with Gasteiger partial charge in [0.15, 0.2) is 6.10 Å². The SMILES string of the molecule is O=C(O)[C@@H](OC(=O)[C@H](OC(=O)[C@@H](OC(=O)[C@H](OC(=O)[C@@H](OC(=O)[C@H](OC(=O)[C@@H](OC(=O)[C@H](O)c1ccccc1)c1ccccc1)c1ccccc1)c1ccccc1)c1ccccc1)c1ccccc1)c1ccccc1)c1ccccc1. The maximum atomic E-state index is 14.8. The first-order valence-corrected chi connectivity index (χ1v) is 25.1. The molecule has 8 aromatic rings. The van der Waals surface area contributed by atoms with E-state index >= 15 is 0 Å². The van der Waals surface area contributed by atoms with Crippen LogP contribution in [0, 0.1) is 0 Å². The Bertz CT molecular complexity index is 3390. The zero-order valence-corrected chi connectivity index (χ0v) is 42.7. The lowest BCUT2D eigenvalue weighted by atomic mass is 10.1. The van der Waals surface area contributed by atoms with Gasteiger partial charge in [-0.1, -0.05) is 243 Å². The molecule has 0 aliphatic heterocycles. The highest BCUT2D eigenvalue weighted by molar-refractivity contribution is 5.90. The van der Waals surface area contributed by atoms with Crippen molar-refractivity contribution in [1.29, 1.82) is 0 Å². The lowest BCUT2D eigenvalue weighted by Crippen LogP contribution is -2.33. The summed E-state index contributed by atoms with van der Waals surface area (Å²) in [5.41, 5.74) is 0.642. The second-order valence-electron chi connectivity index (χ2n) is 17.7. The van der Waals surface area contributed by atoms with E-state index in [0.29, 0.717) is 0 Å².